The lowest BCUT2D eigenvalue weighted by atomic mass is 10.0. The van der Waals surface area contributed by atoms with Crippen LogP contribution in [-0.4, -0.2) is 11.1 Å². The number of hydrogen-bond acceptors (Lipinski definition) is 2. The van der Waals surface area contributed by atoms with Gasteiger partial charge in [-0.2, -0.15) is 0 Å². The highest BCUT2D eigenvalue weighted by atomic mass is 35.5. The van der Waals surface area contributed by atoms with Crippen LogP contribution in [0.25, 0.3) is 0 Å². The van der Waals surface area contributed by atoms with Gasteiger partial charge in [0.2, 0.25) is 0 Å². The van der Waals surface area contributed by atoms with Crippen LogP contribution >= 0.6 is 23.2 Å². The molecule has 0 aliphatic rings. The molecule has 0 amide bonds. The molecular weight excluding hydrogens is 221 g/mol. The number of nitrogens with two attached hydrogens (primary N) is 1. The maximum atomic E-state index is 9.70. The van der Waals surface area contributed by atoms with E-state index in [0.29, 0.717) is 15.6 Å². The smallest absolute Gasteiger partial charge is 0.0939 e. The van der Waals surface area contributed by atoms with E-state index in [1.54, 1.807) is 19.1 Å². The summed E-state index contributed by atoms with van der Waals surface area (Å²) in [4.78, 5) is 0. The minimum absolute atomic E-state index is 0.343. The highest BCUT2D eigenvalue weighted by Crippen LogP contribution is 2.29. The van der Waals surface area contributed by atoms with E-state index in [1.807, 2.05) is 6.92 Å². The lowest BCUT2D eigenvalue weighted by molar-refractivity contribution is 0.153. The van der Waals surface area contributed by atoms with Crippen LogP contribution < -0.4 is 5.73 Å². The van der Waals surface area contributed by atoms with Gasteiger partial charge in [0.15, 0.2) is 0 Å². The number of benzene rings is 1. The summed E-state index contributed by atoms with van der Waals surface area (Å²) < 4.78 is 0. The zero-order valence-electron chi connectivity index (χ0n) is 8.09. The van der Waals surface area contributed by atoms with E-state index < -0.39 is 6.10 Å². The van der Waals surface area contributed by atoms with E-state index in [-0.39, 0.29) is 6.04 Å². The highest BCUT2D eigenvalue weighted by molar-refractivity contribution is 6.36. The molecule has 14 heavy (non-hydrogen) atoms. The Morgan fingerprint density at radius 3 is 2.07 bits per heavy atom. The monoisotopic (exact) mass is 233 g/mol. The SMILES string of the molecule is Cc1c(Cl)cc([C@@H](O)[C@H](C)N)cc1Cl. The second-order valence-electron chi connectivity index (χ2n) is 3.41. The van der Waals surface area contributed by atoms with Gasteiger partial charge in [-0.3, -0.25) is 0 Å². The van der Waals surface area contributed by atoms with E-state index in [4.69, 9.17) is 28.9 Å². The summed E-state index contributed by atoms with van der Waals surface area (Å²) in [6.07, 6.45) is -0.731. The van der Waals surface area contributed by atoms with E-state index >= 15 is 0 Å². The molecule has 0 fully saturated rings. The second-order valence-corrected chi connectivity index (χ2v) is 4.23. The van der Waals surface area contributed by atoms with Crippen molar-refractivity contribution in [1.29, 1.82) is 0 Å². The molecule has 1 aromatic rings. The van der Waals surface area contributed by atoms with Gasteiger partial charge in [0.25, 0.3) is 0 Å². The van der Waals surface area contributed by atoms with Gasteiger partial charge < -0.3 is 10.8 Å². The van der Waals surface area contributed by atoms with Crippen molar-refractivity contribution in [3.8, 4) is 0 Å². The molecule has 0 aliphatic heterocycles. The van der Waals surface area contributed by atoms with Gasteiger partial charge >= 0.3 is 0 Å². The molecule has 1 rings (SSSR count). The van der Waals surface area contributed by atoms with E-state index in [0.717, 1.165) is 5.56 Å². The molecule has 0 radical (unpaired) electrons. The first-order valence-electron chi connectivity index (χ1n) is 4.32. The standard InChI is InChI=1S/C10H13Cl2NO/c1-5-8(11)3-7(4-9(5)12)10(14)6(2)13/h3-4,6,10,14H,13H2,1-2H3/t6-,10-/m0/s1. The predicted octanol–water partition coefficient (Wildman–Crippen LogP) is 2.68. The zero-order valence-corrected chi connectivity index (χ0v) is 9.60. The Kier molecular flexibility index (Phi) is 3.78. The first-order valence-corrected chi connectivity index (χ1v) is 5.08. The molecule has 78 valence electrons. The minimum Gasteiger partial charge on any atom is -0.387 e. The Morgan fingerprint density at radius 2 is 1.71 bits per heavy atom. The molecule has 0 saturated carbocycles. The molecule has 0 saturated heterocycles. The first kappa shape index (κ1) is 11.8. The summed E-state index contributed by atoms with van der Waals surface area (Å²) >= 11 is 11.9. The van der Waals surface area contributed by atoms with E-state index in [1.165, 1.54) is 0 Å². The van der Waals surface area contributed by atoms with Crippen LogP contribution in [0.2, 0.25) is 10.0 Å². The van der Waals surface area contributed by atoms with Crippen LogP contribution in [0.5, 0.6) is 0 Å². The van der Waals surface area contributed by atoms with Gasteiger partial charge in [0, 0.05) is 16.1 Å². The van der Waals surface area contributed by atoms with Crippen molar-refractivity contribution in [1.82, 2.24) is 0 Å². The van der Waals surface area contributed by atoms with Crippen molar-refractivity contribution < 1.29 is 5.11 Å². The summed E-state index contributed by atoms with van der Waals surface area (Å²) in [5, 5.41) is 10.8. The molecule has 2 atom stereocenters. The van der Waals surface area contributed by atoms with Crippen LogP contribution in [0.15, 0.2) is 12.1 Å². The number of aliphatic hydroxyl groups excluding tert-OH is 1. The van der Waals surface area contributed by atoms with Gasteiger partial charge in [-0.1, -0.05) is 23.2 Å². The van der Waals surface area contributed by atoms with Crippen molar-refractivity contribution in [2.24, 2.45) is 5.73 Å². The molecule has 3 N–H and O–H groups in total. The molecule has 0 unspecified atom stereocenters. The zero-order chi connectivity index (χ0) is 10.9. The summed E-state index contributed by atoms with van der Waals surface area (Å²) in [7, 11) is 0. The Hall–Kier alpha value is -0.280. The van der Waals surface area contributed by atoms with Crippen LogP contribution in [0.4, 0.5) is 0 Å². The first-order chi connectivity index (χ1) is 6.43. The Labute approximate surface area is 93.6 Å². The summed E-state index contributed by atoms with van der Waals surface area (Å²) in [5.41, 5.74) is 7.04. The maximum Gasteiger partial charge on any atom is 0.0939 e. The summed E-state index contributed by atoms with van der Waals surface area (Å²) in [6, 6.07) is 3.04. The van der Waals surface area contributed by atoms with Crippen molar-refractivity contribution in [2.45, 2.75) is 26.0 Å². The van der Waals surface area contributed by atoms with Crippen LogP contribution in [0.1, 0.15) is 24.2 Å². The topological polar surface area (TPSA) is 46.2 Å². The number of halogens is 2. The quantitative estimate of drug-likeness (QED) is 0.826. The molecular formula is C10H13Cl2NO. The Balaban J connectivity index is 3.12. The highest BCUT2D eigenvalue weighted by Gasteiger charge is 2.14. The van der Waals surface area contributed by atoms with Crippen LogP contribution in [0.3, 0.4) is 0 Å². The predicted molar refractivity (Wildman–Crippen MR) is 59.8 cm³/mol. The molecule has 0 spiro atoms. The maximum absolute atomic E-state index is 9.70. The fraction of sp³-hybridized carbons (Fsp3) is 0.400. The Bertz CT molecular complexity index is 316. The largest absolute Gasteiger partial charge is 0.387 e. The van der Waals surface area contributed by atoms with Crippen LogP contribution in [-0.2, 0) is 0 Å². The van der Waals surface area contributed by atoms with Gasteiger partial charge in [0.1, 0.15) is 0 Å². The fourth-order valence-corrected chi connectivity index (χ4v) is 1.64. The number of hydrogen-bond donors (Lipinski definition) is 2. The van der Waals surface area contributed by atoms with Crippen molar-refractivity contribution in [3.05, 3.63) is 33.3 Å². The third-order valence-electron chi connectivity index (χ3n) is 2.14. The van der Waals surface area contributed by atoms with Crippen LogP contribution in [0, 0.1) is 6.92 Å². The van der Waals surface area contributed by atoms with Gasteiger partial charge in [-0.25, -0.2) is 0 Å². The normalized spacial score (nSPS) is 15.3. The third kappa shape index (κ3) is 2.39. The van der Waals surface area contributed by atoms with E-state index in [9.17, 15) is 5.11 Å². The fourth-order valence-electron chi connectivity index (χ4n) is 1.14. The Morgan fingerprint density at radius 1 is 1.29 bits per heavy atom. The molecule has 0 aromatic heterocycles. The van der Waals surface area contributed by atoms with Gasteiger partial charge in [-0.15, -0.1) is 0 Å². The number of rotatable bonds is 2. The third-order valence-corrected chi connectivity index (χ3v) is 2.93. The van der Waals surface area contributed by atoms with Crippen molar-refractivity contribution in [2.75, 3.05) is 0 Å². The molecule has 0 heterocycles. The average molecular weight is 234 g/mol. The van der Waals surface area contributed by atoms with Gasteiger partial charge in [0.05, 0.1) is 6.10 Å². The molecule has 2 nitrogen and oxygen atoms in total. The summed E-state index contributed by atoms with van der Waals surface area (Å²) in [5.74, 6) is 0. The number of aliphatic hydroxyl groups is 1. The summed E-state index contributed by atoms with van der Waals surface area (Å²) in [6.45, 7) is 3.55. The average Bonchev–Trinajstić information content (AvgIpc) is 2.12. The lowest BCUT2D eigenvalue weighted by Gasteiger charge is -2.16. The molecule has 4 heteroatoms. The second kappa shape index (κ2) is 4.49. The van der Waals surface area contributed by atoms with Gasteiger partial charge in [-0.05, 0) is 37.1 Å². The van der Waals surface area contributed by atoms with E-state index in [2.05, 4.69) is 0 Å². The minimum atomic E-state index is -0.731. The molecule has 0 bridgehead atoms. The lowest BCUT2D eigenvalue weighted by Crippen LogP contribution is -2.24. The molecule has 0 aliphatic carbocycles. The molecule has 1 aromatic carbocycles. The van der Waals surface area contributed by atoms with Crippen molar-refractivity contribution in [3.63, 3.8) is 0 Å². The van der Waals surface area contributed by atoms with Crippen molar-refractivity contribution >= 4 is 23.2 Å².